The number of aliphatic imine (C=N–C) groups is 1. The van der Waals surface area contributed by atoms with Crippen molar-refractivity contribution in [2.75, 3.05) is 13.2 Å². The number of rotatable bonds is 19. The van der Waals surface area contributed by atoms with Gasteiger partial charge in [-0.05, 0) is 67.8 Å². The Morgan fingerprint density at radius 3 is 2.24 bits per heavy atom. The van der Waals surface area contributed by atoms with Gasteiger partial charge in [0.05, 0.1) is 18.9 Å². The zero-order valence-electron chi connectivity index (χ0n) is 24.2. The van der Waals surface area contributed by atoms with Gasteiger partial charge in [0.15, 0.2) is 0 Å². The molecule has 0 aromatic heterocycles. The Bertz CT molecular complexity index is 1240. The Labute approximate surface area is 244 Å². The molecule has 1 N–H and O–H groups in total. The smallest absolute Gasteiger partial charge is 0.347 e. The van der Waals surface area contributed by atoms with E-state index in [1.54, 1.807) is 66.9 Å². The summed E-state index contributed by atoms with van der Waals surface area (Å²) in [5, 5.41) is 9.89. The van der Waals surface area contributed by atoms with Gasteiger partial charge in [-0.1, -0.05) is 70.1 Å². The predicted octanol–water partition coefficient (Wildman–Crippen LogP) is 9.23. The van der Waals surface area contributed by atoms with Gasteiger partial charge < -0.3 is 19.3 Å². The first-order valence-electron chi connectivity index (χ1n) is 14.8. The molecule has 0 spiro atoms. The van der Waals surface area contributed by atoms with Crippen LogP contribution in [0, 0.1) is 0 Å². The SMILES string of the molecule is C=CCCCOc1cc(OCCCCCCCCCC)ccc1C(=O)Oc1ccc(N=Cc2ccccc2O)cc1. The average molecular weight is 558 g/mol. The highest BCUT2D eigenvalue weighted by atomic mass is 16.5. The number of allylic oxidation sites excluding steroid dienone is 1. The van der Waals surface area contributed by atoms with E-state index < -0.39 is 5.97 Å². The third kappa shape index (κ3) is 11.5. The summed E-state index contributed by atoms with van der Waals surface area (Å²) < 4.78 is 17.6. The number of ether oxygens (including phenoxy) is 3. The van der Waals surface area contributed by atoms with Crippen LogP contribution in [0.15, 0.2) is 84.4 Å². The second-order valence-electron chi connectivity index (χ2n) is 9.96. The fourth-order valence-electron chi connectivity index (χ4n) is 4.22. The van der Waals surface area contributed by atoms with Gasteiger partial charge >= 0.3 is 5.97 Å². The highest BCUT2D eigenvalue weighted by Gasteiger charge is 2.17. The lowest BCUT2D eigenvalue weighted by Crippen LogP contribution is -2.12. The maximum absolute atomic E-state index is 13.1. The zero-order valence-corrected chi connectivity index (χ0v) is 24.2. The molecule has 0 fully saturated rings. The first-order valence-corrected chi connectivity index (χ1v) is 14.8. The molecule has 218 valence electrons. The van der Waals surface area contributed by atoms with Crippen LogP contribution in [-0.4, -0.2) is 30.5 Å². The molecule has 0 atom stereocenters. The van der Waals surface area contributed by atoms with E-state index in [2.05, 4.69) is 18.5 Å². The third-order valence-corrected chi connectivity index (χ3v) is 6.59. The van der Waals surface area contributed by atoms with Crippen LogP contribution in [0.5, 0.6) is 23.0 Å². The molecule has 0 saturated carbocycles. The van der Waals surface area contributed by atoms with Crippen LogP contribution >= 0.6 is 0 Å². The molecule has 41 heavy (non-hydrogen) atoms. The molecule has 0 unspecified atom stereocenters. The van der Waals surface area contributed by atoms with Crippen molar-refractivity contribution in [1.29, 1.82) is 0 Å². The number of esters is 1. The molecule has 3 rings (SSSR count). The topological polar surface area (TPSA) is 77.4 Å². The number of hydrogen-bond donors (Lipinski definition) is 1. The molecule has 0 radical (unpaired) electrons. The second kappa shape index (κ2) is 18.3. The largest absolute Gasteiger partial charge is 0.507 e. The number of para-hydroxylation sites is 1. The van der Waals surface area contributed by atoms with E-state index >= 15 is 0 Å². The van der Waals surface area contributed by atoms with Crippen molar-refractivity contribution in [1.82, 2.24) is 0 Å². The van der Waals surface area contributed by atoms with Crippen LogP contribution in [0.1, 0.15) is 87.1 Å². The molecule has 0 aliphatic carbocycles. The molecular formula is C35H43NO5. The fraction of sp³-hybridized carbons (Fsp3) is 0.371. The Kier molecular flexibility index (Phi) is 14.1. The van der Waals surface area contributed by atoms with Crippen LogP contribution < -0.4 is 14.2 Å². The van der Waals surface area contributed by atoms with E-state index in [1.807, 2.05) is 12.1 Å². The summed E-state index contributed by atoms with van der Waals surface area (Å²) in [5.41, 5.74) is 1.62. The van der Waals surface area contributed by atoms with E-state index in [9.17, 15) is 9.90 Å². The van der Waals surface area contributed by atoms with Gasteiger partial charge in [-0.2, -0.15) is 0 Å². The second-order valence-corrected chi connectivity index (χ2v) is 9.96. The van der Waals surface area contributed by atoms with Crippen LogP contribution in [0.25, 0.3) is 0 Å². The molecular weight excluding hydrogens is 514 g/mol. The molecule has 6 nitrogen and oxygen atoms in total. The Morgan fingerprint density at radius 1 is 0.829 bits per heavy atom. The van der Waals surface area contributed by atoms with Crippen molar-refractivity contribution in [3.05, 3.63) is 90.5 Å². The Balaban J connectivity index is 1.57. The van der Waals surface area contributed by atoms with E-state index in [1.165, 1.54) is 38.5 Å². The highest BCUT2D eigenvalue weighted by Crippen LogP contribution is 2.28. The lowest BCUT2D eigenvalue weighted by atomic mass is 10.1. The number of phenols is 1. The van der Waals surface area contributed by atoms with Crippen molar-refractivity contribution < 1.29 is 24.1 Å². The molecule has 3 aromatic carbocycles. The number of nitrogens with zero attached hydrogens (tertiary/aromatic N) is 1. The maximum atomic E-state index is 13.1. The molecule has 0 heterocycles. The predicted molar refractivity (Wildman–Crippen MR) is 166 cm³/mol. The average Bonchev–Trinajstić information content (AvgIpc) is 2.99. The van der Waals surface area contributed by atoms with Gasteiger partial charge in [0.1, 0.15) is 28.6 Å². The van der Waals surface area contributed by atoms with E-state index in [-0.39, 0.29) is 5.75 Å². The van der Waals surface area contributed by atoms with Gasteiger partial charge in [-0.15, -0.1) is 6.58 Å². The summed E-state index contributed by atoms with van der Waals surface area (Å²) in [6.45, 7) is 7.08. The monoisotopic (exact) mass is 557 g/mol. The van der Waals surface area contributed by atoms with Gasteiger partial charge in [-0.3, -0.25) is 4.99 Å². The van der Waals surface area contributed by atoms with E-state index in [0.717, 1.165) is 25.7 Å². The Hall–Kier alpha value is -4.06. The van der Waals surface area contributed by atoms with Gasteiger partial charge in [0.25, 0.3) is 0 Å². The van der Waals surface area contributed by atoms with E-state index in [4.69, 9.17) is 14.2 Å². The van der Waals surface area contributed by atoms with Crippen LogP contribution in [0.4, 0.5) is 5.69 Å². The number of aromatic hydroxyl groups is 1. The zero-order chi connectivity index (χ0) is 29.1. The molecule has 3 aromatic rings. The van der Waals surface area contributed by atoms with Gasteiger partial charge in [0, 0.05) is 17.8 Å². The molecule has 6 heteroatoms. The van der Waals surface area contributed by atoms with Crippen molar-refractivity contribution in [2.45, 2.75) is 71.1 Å². The van der Waals surface area contributed by atoms with Crippen LogP contribution in [0.3, 0.4) is 0 Å². The summed E-state index contributed by atoms with van der Waals surface area (Å²) in [6.07, 6.45) is 15.0. The minimum atomic E-state index is -0.510. The van der Waals surface area contributed by atoms with Crippen molar-refractivity contribution >= 4 is 17.9 Å². The lowest BCUT2D eigenvalue weighted by molar-refractivity contribution is 0.0730. The normalized spacial score (nSPS) is 11.0. The third-order valence-electron chi connectivity index (χ3n) is 6.59. The van der Waals surface area contributed by atoms with E-state index in [0.29, 0.717) is 47.3 Å². The quantitative estimate of drug-likeness (QED) is 0.0522. The summed E-state index contributed by atoms with van der Waals surface area (Å²) in [6, 6.07) is 19.1. The summed E-state index contributed by atoms with van der Waals surface area (Å²) in [5.74, 6) is 1.16. The van der Waals surface area contributed by atoms with Crippen molar-refractivity contribution in [3.63, 3.8) is 0 Å². The molecule has 0 aliphatic rings. The number of hydrogen-bond acceptors (Lipinski definition) is 6. The van der Waals surface area contributed by atoms with Crippen molar-refractivity contribution in [2.24, 2.45) is 4.99 Å². The first kappa shape index (κ1) is 31.5. The standard InChI is InChI=1S/C35H43NO5/c1-3-5-7-8-9-10-11-15-24-39-31-22-23-32(34(26-31)40-25-14-6-4-2)35(38)41-30-20-18-29(19-21-30)36-27-28-16-12-13-17-33(28)37/h4,12-13,16-23,26-27,37H,2-3,5-11,14-15,24-25H2,1H3. The molecule has 0 amide bonds. The highest BCUT2D eigenvalue weighted by molar-refractivity contribution is 5.94. The molecule has 0 aliphatic heterocycles. The lowest BCUT2D eigenvalue weighted by Gasteiger charge is -2.14. The number of carbonyl (C=O) groups excluding carboxylic acids is 1. The fourth-order valence-corrected chi connectivity index (χ4v) is 4.22. The minimum absolute atomic E-state index is 0.161. The van der Waals surface area contributed by atoms with Gasteiger partial charge in [-0.25, -0.2) is 4.79 Å². The maximum Gasteiger partial charge on any atom is 0.347 e. The number of benzene rings is 3. The Morgan fingerprint density at radius 2 is 1.51 bits per heavy atom. The van der Waals surface area contributed by atoms with Gasteiger partial charge in [0.2, 0.25) is 0 Å². The minimum Gasteiger partial charge on any atom is -0.507 e. The number of phenolic OH excluding ortho intramolecular Hbond substituents is 1. The van der Waals surface area contributed by atoms with Crippen LogP contribution in [0.2, 0.25) is 0 Å². The first-order chi connectivity index (χ1) is 20.1. The summed E-state index contributed by atoms with van der Waals surface area (Å²) >= 11 is 0. The summed E-state index contributed by atoms with van der Waals surface area (Å²) in [7, 11) is 0. The molecule has 0 saturated heterocycles. The van der Waals surface area contributed by atoms with Crippen molar-refractivity contribution in [3.8, 4) is 23.0 Å². The number of unbranched alkanes of at least 4 members (excludes halogenated alkanes) is 8. The summed E-state index contributed by atoms with van der Waals surface area (Å²) in [4.78, 5) is 17.5. The molecule has 0 bridgehead atoms. The van der Waals surface area contributed by atoms with Crippen LogP contribution in [-0.2, 0) is 0 Å². The number of carbonyl (C=O) groups is 1.